The van der Waals surface area contributed by atoms with Crippen LogP contribution in [-0.2, 0) is 9.53 Å². The van der Waals surface area contributed by atoms with Gasteiger partial charge in [0.05, 0.1) is 11.5 Å². The summed E-state index contributed by atoms with van der Waals surface area (Å²) in [6.45, 7) is 10.1. The van der Waals surface area contributed by atoms with E-state index in [0.717, 1.165) is 35.8 Å². The van der Waals surface area contributed by atoms with Crippen LogP contribution in [0.1, 0.15) is 88.0 Å². The Morgan fingerprint density at radius 3 is 2.25 bits per heavy atom. The number of rotatable bonds is 8. The lowest BCUT2D eigenvalue weighted by atomic mass is 9.80. The molecule has 0 radical (unpaired) electrons. The molecule has 4 nitrogen and oxygen atoms in total. The molecule has 0 aromatic heterocycles. The third-order valence-corrected chi connectivity index (χ3v) is 7.94. The van der Waals surface area contributed by atoms with Crippen LogP contribution in [0.4, 0.5) is 0 Å². The Hall–Kier alpha value is -1.55. The number of hydrogen-bond donors (Lipinski definition) is 0. The molecule has 3 fully saturated rings. The topological polar surface area (TPSA) is 44.8 Å². The van der Waals surface area contributed by atoms with E-state index in [0.29, 0.717) is 11.9 Å². The molecule has 182 valence electrons. The Bertz CT molecular complexity index is 738. The highest BCUT2D eigenvalue weighted by atomic mass is 16.7. The zero-order chi connectivity index (χ0) is 21.5. The number of carbonyl (C=O) groups excluding carboxylic acids is 1. The van der Waals surface area contributed by atoms with Gasteiger partial charge in [-0.2, -0.15) is 0 Å². The van der Waals surface area contributed by atoms with E-state index in [-0.39, 0.29) is 33.0 Å². The Balaban J connectivity index is 0.00000181. The zero-order valence-electron chi connectivity index (χ0n) is 19.2. The highest BCUT2D eigenvalue weighted by molar-refractivity contribution is 5.78. The van der Waals surface area contributed by atoms with E-state index in [9.17, 15) is 4.79 Å². The molecule has 4 rings (SSSR count). The highest BCUT2D eigenvalue weighted by Crippen LogP contribution is 2.59. The van der Waals surface area contributed by atoms with Crippen molar-refractivity contribution in [1.29, 1.82) is 0 Å². The first-order valence-corrected chi connectivity index (χ1v) is 11.9. The molecule has 4 heteroatoms. The van der Waals surface area contributed by atoms with E-state index >= 15 is 0 Å². The first kappa shape index (κ1) is 26.7. The summed E-state index contributed by atoms with van der Waals surface area (Å²) in [4.78, 5) is 12.3. The molecule has 0 amide bonds. The fourth-order valence-corrected chi connectivity index (χ4v) is 5.76. The van der Waals surface area contributed by atoms with Gasteiger partial charge in [0.15, 0.2) is 0 Å². The number of benzene rings is 1. The van der Waals surface area contributed by atoms with Gasteiger partial charge in [-0.3, -0.25) is 4.79 Å². The van der Waals surface area contributed by atoms with Gasteiger partial charge in [0.25, 0.3) is 0 Å². The molecule has 0 N–H and O–H groups in total. The fraction of sp³-hybridized carbons (Fsp3) is 0.750. The van der Waals surface area contributed by atoms with Crippen LogP contribution in [0.5, 0.6) is 11.5 Å². The maximum absolute atomic E-state index is 12.3. The van der Waals surface area contributed by atoms with Crippen molar-refractivity contribution in [2.24, 2.45) is 35.0 Å². The summed E-state index contributed by atoms with van der Waals surface area (Å²) < 4.78 is 18.3. The quantitative estimate of drug-likeness (QED) is 0.235. The van der Waals surface area contributed by atoms with E-state index in [1.54, 1.807) is 12.1 Å². The molecule has 32 heavy (non-hydrogen) atoms. The van der Waals surface area contributed by atoms with E-state index < -0.39 is 5.41 Å². The lowest BCUT2D eigenvalue weighted by Crippen LogP contribution is -2.37. The normalized spacial score (nSPS) is 29.1. The van der Waals surface area contributed by atoms with E-state index in [1.165, 1.54) is 32.1 Å². The van der Waals surface area contributed by atoms with Crippen LogP contribution in [-0.4, -0.2) is 18.4 Å². The Kier molecular flexibility index (Phi) is 8.83. The second-order valence-corrected chi connectivity index (χ2v) is 10.7. The van der Waals surface area contributed by atoms with Crippen molar-refractivity contribution in [3.05, 3.63) is 24.3 Å². The summed E-state index contributed by atoms with van der Waals surface area (Å²) in [5.74, 6) is 4.85. The van der Waals surface area contributed by atoms with E-state index in [1.807, 2.05) is 32.9 Å². The molecule has 0 heterocycles. The molecular formula is C28H46O4. The second kappa shape index (κ2) is 10.6. The van der Waals surface area contributed by atoms with Gasteiger partial charge in [0, 0.05) is 5.92 Å². The molecule has 6 unspecified atom stereocenters. The highest BCUT2D eigenvalue weighted by Gasteiger charge is 2.54. The van der Waals surface area contributed by atoms with Crippen LogP contribution < -0.4 is 9.47 Å². The van der Waals surface area contributed by atoms with Crippen molar-refractivity contribution >= 4 is 5.97 Å². The van der Waals surface area contributed by atoms with Crippen molar-refractivity contribution in [2.75, 3.05) is 0 Å². The molecule has 0 saturated heterocycles. The maximum atomic E-state index is 12.3. The number of carbonyl (C=O) groups is 1. The van der Waals surface area contributed by atoms with Crippen molar-refractivity contribution in [2.45, 2.75) is 100 Å². The largest absolute Gasteiger partial charge is 0.465 e. The molecule has 0 aliphatic heterocycles. The first-order chi connectivity index (χ1) is 14.3. The van der Waals surface area contributed by atoms with Crippen molar-refractivity contribution in [3.63, 3.8) is 0 Å². The first-order valence-electron chi connectivity index (χ1n) is 11.9. The van der Waals surface area contributed by atoms with Crippen molar-refractivity contribution < 1.29 is 19.0 Å². The van der Waals surface area contributed by atoms with Gasteiger partial charge in [0.2, 0.25) is 6.29 Å². The van der Waals surface area contributed by atoms with Crippen LogP contribution in [0.3, 0.4) is 0 Å². The molecule has 6 atom stereocenters. The SMILES string of the molecule is C.C.CCC(C)(C)C(=O)Oc1ccc(OC(OC2CC3CC2C2CCCC32)C(C)C)cc1. The average molecular weight is 447 g/mol. The van der Waals surface area contributed by atoms with Gasteiger partial charge >= 0.3 is 5.97 Å². The van der Waals surface area contributed by atoms with Gasteiger partial charge in [-0.25, -0.2) is 0 Å². The monoisotopic (exact) mass is 446 g/mol. The minimum absolute atomic E-state index is 0. The summed E-state index contributed by atoms with van der Waals surface area (Å²) in [5.41, 5.74) is -0.481. The van der Waals surface area contributed by atoms with Crippen molar-refractivity contribution in [1.82, 2.24) is 0 Å². The van der Waals surface area contributed by atoms with Crippen LogP contribution >= 0.6 is 0 Å². The van der Waals surface area contributed by atoms with Crippen LogP contribution in [0.2, 0.25) is 0 Å². The van der Waals surface area contributed by atoms with Crippen LogP contribution in [0, 0.1) is 35.0 Å². The van der Waals surface area contributed by atoms with Crippen LogP contribution in [0.15, 0.2) is 24.3 Å². The number of esters is 1. The Morgan fingerprint density at radius 2 is 1.62 bits per heavy atom. The standard InChI is InChI=1S/C26H38O4.2CH4/c1-6-26(4,5)25(27)29-19-12-10-18(11-13-19)28-24(16(2)3)30-23-15-17-14-22(23)21-9-7-8-20(17)21;;/h10-13,16-17,20-24H,6-9,14-15H2,1-5H3;2*1H4. The fourth-order valence-electron chi connectivity index (χ4n) is 5.76. The Morgan fingerprint density at radius 1 is 1.00 bits per heavy atom. The molecule has 0 spiro atoms. The van der Waals surface area contributed by atoms with Gasteiger partial charge in [-0.05, 0) is 93.9 Å². The predicted octanol–water partition coefficient (Wildman–Crippen LogP) is 7.50. The molecule has 3 aliphatic carbocycles. The molecule has 1 aromatic rings. The summed E-state index contributed by atoms with van der Waals surface area (Å²) in [7, 11) is 0. The van der Waals surface area contributed by atoms with E-state index in [2.05, 4.69) is 13.8 Å². The average Bonchev–Trinajstić information content (AvgIpc) is 3.42. The van der Waals surface area contributed by atoms with E-state index in [4.69, 9.17) is 14.2 Å². The zero-order valence-corrected chi connectivity index (χ0v) is 19.2. The van der Waals surface area contributed by atoms with Crippen molar-refractivity contribution in [3.8, 4) is 11.5 Å². The second-order valence-electron chi connectivity index (χ2n) is 10.7. The van der Waals surface area contributed by atoms with Crippen LogP contribution in [0.25, 0.3) is 0 Å². The maximum Gasteiger partial charge on any atom is 0.316 e. The predicted molar refractivity (Wildman–Crippen MR) is 131 cm³/mol. The summed E-state index contributed by atoms with van der Waals surface area (Å²) in [6, 6.07) is 7.34. The number of fused-ring (bicyclic) bond motifs is 5. The number of hydrogen-bond acceptors (Lipinski definition) is 4. The molecule has 3 saturated carbocycles. The molecule has 3 aliphatic rings. The minimum Gasteiger partial charge on any atom is -0.465 e. The smallest absolute Gasteiger partial charge is 0.316 e. The summed E-state index contributed by atoms with van der Waals surface area (Å²) in [6.07, 6.45) is 7.65. The minimum atomic E-state index is -0.481. The van der Waals surface area contributed by atoms with Gasteiger partial charge in [0.1, 0.15) is 11.5 Å². The van der Waals surface area contributed by atoms with Gasteiger partial charge in [-0.1, -0.05) is 42.0 Å². The lowest BCUT2D eigenvalue weighted by molar-refractivity contribution is -0.162. The molecule has 1 aromatic carbocycles. The van der Waals surface area contributed by atoms with Gasteiger partial charge in [-0.15, -0.1) is 0 Å². The molecule has 2 bridgehead atoms. The summed E-state index contributed by atoms with van der Waals surface area (Å²) in [5, 5.41) is 0. The lowest BCUT2D eigenvalue weighted by Gasteiger charge is -2.35. The third-order valence-electron chi connectivity index (χ3n) is 7.94. The summed E-state index contributed by atoms with van der Waals surface area (Å²) >= 11 is 0. The third kappa shape index (κ3) is 5.32. The van der Waals surface area contributed by atoms with Gasteiger partial charge < -0.3 is 14.2 Å². The Labute approximate surface area is 196 Å². The number of ether oxygens (including phenoxy) is 3. The molecular weight excluding hydrogens is 400 g/mol.